The number of fused-ring (bicyclic) bond motifs is 3. The lowest BCUT2D eigenvalue weighted by Crippen LogP contribution is -2.45. The van der Waals surface area contributed by atoms with Gasteiger partial charge in [0.05, 0.1) is 11.5 Å². The van der Waals surface area contributed by atoms with Crippen LogP contribution in [0.15, 0.2) is 6.07 Å². The highest BCUT2D eigenvalue weighted by Gasteiger charge is 2.91. The van der Waals surface area contributed by atoms with Gasteiger partial charge in [-0.25, -0.2) is 0 Å². The molecule has 1 aromatic rings. The van der Waals surface area contributed by atoms with Crippen molar-refractivity contribution in [3.63, 3.8) is 0 Å². The molecule has 0 amide bonds. The molecular weight excluding hydrogens is 332 g/mol. The largest absolute Gasteiger partial charge is 0.504 e. The Hall–Kier alpha value is -1.59. The van der Waals surface area contributed by atoms with Gasteiger partial charge in [-0.2, -0.15) is 0 Å². The predicted octanol–water partition coefficient (Wildman–Crippen LogP) is 3.26. The molecule has 5 heteroatoms. The second-order valence-corrected chi connectivity index (χ2v) is 9.61. The summed E-state index contributed by atoms with van der Waals surface area (Å²) in [6, 6.07) is 1.76. The number of aliphatic hydroxyl groups excluding tert-OH is 1. The fourth-order valence-corrected chi connectivity index (χ4v) is 6.59. The molecule has 0 aromatic heterocycles. The quantitative estimate of drug-likeness (QED) is 0.671. The molecule has 1 aromatic carbocycles. The summed E-state index contributed by atoms with van der Waals surface area (Å²) in [5, 5.41) is 32.5. The van der Waals surface area contributed by atoms with Gasteiger partial charge in [0.1, 0.15) is 6.10 Å². The summed E-state index contributed by atoms with van der Waals surface area (Å²) in [5.41, 5.74) is -0.537. The van der Waals surface area contributed by atoms with Crippen LogP contribution in [-0.4, -0.2) is 27.2 Å². The smallest absolute Gasteiger partial charge is 0.180 e. The summed E-state index contributed by atoms with van der Waals surface area (Å²) in [5.74, 6) is -0.574. The maximum Gasteiger partial charge on any atom is 0.180 e. The number of rotatable bonds is 1. The molecule has 2 aliphatic heterocycles. The molecule has 0 radical (unpaired) electrons. The summed E-state index contributed by atoms with van der Waals surface area (Å²) in [4.78, 5) is 13.2. The van der Waals surface area contributed by atoms with E-state index >= 15 is 0 Å². The van der Waals surface area contributed by atoms with Crippen molar-refractivity contribution in [2.45, 2.75) is 70.7 Å². The van der Waals surface area contributed by atoms with Gasteiger partial charge in [-0.1, -0.05) is 34.1 Å². The number of benzene rings is 1. The average Bonchev–Trinajstić information content (AvgIpc) is 2.90. The van der Waals surface area contributed by atoms with Crippen molar-refractivity contribution < 1.29 is 24.9 Å². The van der Waals surface area contributed by atoms with Crippen molar-refractivity contribution in [2.75, 3.05) is 0 Å². The Morgan fingerprint density at radius 2 is 1.88 bits per heavy atom. The van der Waals surface area contributed by atoms with E-state index in [0.29, 0.717) is 23.1 Å². The molecule has 2 aliphatic carbocycles. The van der Waals surface area contributed by atoms with Crippen molar-refractivity contribution in [2.24, 2.45) is 16.7 Å². The molecule has 2 spiro atoms. The second-order valence-electron chi connectivity index (χ2n) is 9.61. The fourth-order valence-electron chi connectivity index (χ4n) is 6.59. The highest BCUT2D eigenvalue weighted by atomic mass is 16.6. The number of hydrogen-bond acceptors (Lipinski definition) is 5. The minimum atomic E-state index is -1.19. The molecule has 5 rings (SSSR count). The number of Topliss-reactive ketones (excluding diaryl/α,β-unsaturated/α-hetero) is 1. The standard InChI is InChI=1S/C21H26O5/c1-9(2)10-8-11-12(15(24)13(10)22)21-18(25)20(21)7-5-6-19(3,4)17(20)16(26-21)14(11)23/h8-9,14,16-17,22-24H,5-7H2,1-4H3/t14-,16+,17?,20-,21?/m0/s1. The van der Waals surface area contributed by atoms with Crippen LogP contribution >= 0.6 is 0 Å². The Kier molecular flexibility index (Phi) is 2.84. The highest BCUT2D eigenvalue weighted by Crippen LogP contribution is 2.82. The minimum absolute atomic E-state index is 0.0131. The molecule has 140 valence electrons. The van der Waals surface area contributed by atoms with Crippen molar-refractivity contribution in [3.8, 4) is 11.5 Å². The molecule has 5 atom stereocenters. The van der Waals surface area contributed by atoms with Crippen molar-refractivity contribution in [1.82, 2.24) is 0 Å². The molecule has 4 aliphatic rings. The van der Waals surface area contributed by atoms with Crippen LogP contribution in [0.2, 0.25) is 0 Å². The number of phenolic OH excluding ortho intramolecular Hbond substituents is 2. The summed E-state index contributed by atoms with van der Waals surface area (Å²) in [6.45, 7) is 8.14. The van der Waals surface area contributed by atoms with E-state index in [1.165, 1.54) is 0 Å². The van der Waals surface area contributed by atoms with Crippen LogP contribution in [0.3, 0.4) is 0 Å². The summed E-state index contributed by atoms with van der Waals surface area (Å²) in [7, 11) is 0. The molecule has 2 saturated carbocycles. The van der Waals surface area contributed by atoms with Crippen molar-refractivity contribution in [3.05, 3.63) is 22.8 Å². The second kappa shape index (κ2) is 4.45. The number of carbonyl (C=O) groups is 1. The zero-order chi connectivity index (χ0) is 18.8. The minimum Gasteiger partial charge on any atom is -0.504 e. The van der Waals surface area contributed by atoms with Gasteiger partial charge in [0.15, 0.2) is 22.9 Å². The zero-order valence-corrected chi connectivity index (χ0v) is 15.7. The highest BCUT2D eigenvalue weighted by molar-refractivity contribution is 6.14. The lowest BCUT2D eigenvalue weighted by Gasteiger charge is -2.44. The Balaban J connectivity index is 1.81. The molecule has 2 bridgehead atoms. The normalized spacial score (nSPS) is 41.6. The third kappa shape index (κ3) is 1.44. The van der Waals surface area contributed by atoms with Gasteiger partial charge in [0.25, 0.3) is 0 Å². The zero-order valence-electron chi connectivity index (χ0n) is 15.7. The molecule has 2 heterocycles. The number of phenols is 2. The average molecular weight is 358 g/mol. The van der Waals surface area contributed by atoms with Gasteiger partial charge >= 0.3 is 0 Å². The van der Waals surface area contributed by atoms with Gasteiger partial charge in [0, 0.05) is 17.0 Å². The third-order valence-electron chi connectivity index (χ3n) is 7.64. The number of carbonyl (C=O) groups excluding carboxylic acids is 1. The van der Waals surface area contributed by atoms with E-state index in [1.54, 1.807) is 6.07 Å². The van der Waals surface area contributed by atoms with Gasteiger partial charge in [0.2, 0.25) is 0 Å². The molecule has 3 fully saturated rings. The Labute approximate surface area is 153 Å². The van der Waals surface area contributed by atoms with Crippen molar-refractivity contribution >= 4 is 5.78 Å². The van der Waals surface area contributed by atoms with E-state index in [4.69, 9.17) is 4.74 Å². The van der Waals surface area contributed by atoms with E-state index in [2.05, 4.69) is 13.8 Å². The Bertz CT molecular complexity index is 856. The first-order valence-corrected chi connectivity index (χ1v) is 9.61. The molecule has 3 N–H and O–H groups in total. The molecule has 5 nitrogen and oxygen atoms in total. The number of hydrogen-bond donors (Lipinski definition) is 3. The molecular formula is C21H26O5. The molecule has 2 unspecified atom stereocenters. The van der Waals surface area contributed by atoms with Crippen LogP contribution in [0.1, 0.15) is 75.7 Å². The van der Waals surface area contributed by atoms with Crippen LogP contribution < -0.4 is 0 Å². The topological polar surface area (TPSA) is 87.0 Å². The molecule has 1 saturated heterocycles. The first kappa shape index (κ1) is 16.6. The number of aromatic hydroxyl groups is 2. The maximum atomic E-state index is 13.2. The van der Waals surface area contributed by atoms with Crippen LogP contribution in [0.4, 0.5) is 0 Å². The SMILES string of the molecule is CC(C)c1cc2c(c(O)c1O)C13O[C@@H](C4C(C)(C)CCC[C@@]41C3=O)[C@H]2O. The summed E-state index contributed by atoms with van der Waals surface area (Å²) < 4.78 is 6.25. The van der Waals surface area contributed by atoms with Gasteiger partial charge in [-0.05, 0) is 35.8 Å². The van der Waals surface area contributed by atoms with Crippen LogP contribution in [0.5, 0.6) is 11.5 Å². The predicted molar refractivity (Wildman–Crippen MR) is 93.9 cm³/mol. The first-order valence-electron chi connectivity index (χ1n) is 9.61. The number of ketones is 1. The van der Waals surface area contributed by atoms with Gasteiger partial charge < -0.3 is 20.1 Å². The lowest BCUT2D eigenvalue weighted by molar-refractivity contribution is -0.145. The Morgan fingerprint density at radius 1 is 1.19 bits per heavy atom. The molecule has 26 heavy (non-hydrogen) atoms. The third-order valence-corrected chi connectivity index (χ3v) is 7.64. The number of aliphatic hydroxyl groups is 1. The van der Waals surface area contributed by atoms with Crippen LogP contribution in [0.25, 0.3) is 0 Å². The van der Waals surface area contributed by atoms with Gasteiger partial charge in [-0.3, -0.25) is 4.79 Å². The summed E-state index contributed by atoms with van der Waals surface area (Å²) in [6.07, 6.45) is 1.28. The van der Waals surface area contributed by atoms with E-state index in [1.807, 2.05) is 13.8 Å². The summed E-state index contributed by atoms with van der Waals surface area (Å²) >= 11 is 0. The fraction of sp³-hybridized carbons (Fsp3) is 0.667. The monoisotopic (exact) mass is 358 g/mol. The first-order chi connectivity index (χ1) is 12.1. The Morgan fingerprint density at radius 3 is 2.54 bits per heavy atom. The maximum absolute atomic E-state index is 13.2. The van der Waals surface area contributed by atoms with E-state index in [-0.39, 0.29) is 34.5 Å². The van der Waals surface area contributed by atoms with Crippen molar-refractivity contribution in [1.29, 1.82) is 0 Å². The van der Waals surface area contributed by atoms with E-state index < -0.39 is 23.2 Å². The van der Waals surface area contributed by atoms with E-state index in [9.17, 15) is 20.1 Å². The van der Waals surface area contributed by atoms with Gasteiger partial charge in [-0.15, -0.1) is 0 Å². The van der Waals surface area contributed by atoms with E-state index in [0.717, 1.165) is 12.8 Å². The van der Waals surface area contributed by atoms with Crippen LogP contribution in [-0.2, 0) is 15.1 Å². The lowest BCUT2D eigenvalue weighted by atomic mass is 9.59. The van der Waals surface area contributed by atoms with Crippen LogP contribution in [0, 0.1) is 16.7 Å². The number of ether oxygens (including phenoxy) is 1.